The molecule has 152 valence electrons. The number of likely N-dealkylation sites (tertiary alicyclic amines) is 1. The molecule has 8 nitrogen and oxygen atoms in total. The van der Waals surface area contributed by atoms with Crippen molar-refractivity contribution in [2.75, 3.05) is 19.7 Å². The third-order valence-electron chi connectivity index (χ3n) is 5.12. The van der Waals surface area contributed by atoms with E-state index in [1.807, 2.05) is 26.0 Å². The molecule has 3 aromatic rings. The molecule has 0 bridgehead atoms. The number of benzene rings is 1. The number of nitrogens with zero attached hydrogens (tertiary/aromatic N) is 5. The smallest absolute Gasteiger partial charge is 0.278 e. The molecule has 2 aromatic heterocycles. The maximum atomic E-state index is 9.86. The van der Waals surface area contributed by atoms with E-state index in [-0.39, 0.29) is 11.7 Å². The summed E-state index contributed by atoms with van der Waals surface area (Å²) in [4.78, 5) is 15.5. The summed E-state index contributed by atoms with van der Waals surface area (Å²) >= 11 is 0. The van der Waals surface area contributed by atoms with Gasteiger partial charge in [-0.3, -0.25) is 9.88 Å². The Balaban J connectivity index is 1.35. The molecule has 4 rings (SSSR count). The molecule has 3 heterocycles. The monoisotopic (exact) mass is 395 g/mol. The van der Waals surface area contributed by atoms with Gasteiger partial charge in [-0.05, 0) is 57.5 Å². The molecule has 1 saturated heterocycles. The lowest BCUT2D eigenvalue weighted by atomic mass is 9.96. The molecule has 0 unspecified atom stereocenters. The Morgan fingerprint density at radius 3 is 2.76 bits per heavy atom. The van der Waals surface area contributed by atoms with Gasteiger partial charge in [0.15, 0.2) is 17.3 Å². The second-order valence-electron chi connectivity index (χ2n) is 7.29. The maximum Gasteiger partial charge on any atom is 0.278 e. The van der Waals surface area contributed by atoms with Crippen molar-refractivity contribution in [2.24, 2.45) is 0 Å². The van der Waals surface area contributed by atoms with Crippen LogP contribution in [0.3, 0.4) is 0 Å². The van der Waals surface area contributed by atoms with Crippen molar-refractivity contribution in [1.29, 1.82) is 0 Å². The molecule has 0 saturated carbocycles. The molecule has 8 heteroatoms. The van der Waals surface area contributed by atoms with E-state index in [2.05, 4.69) is 25.0 Å². The molecule has 1 N–H and O–H groups in total. The maximum absolute atomic E-state index is 9.86. The number of rotatable bonds is 6. The van der Waals surface area contributed by atoms with Crippen molar-refractivity contribution in [2.45, 2.75) is 39.2 Å². The Morgan fingerprint density at radius 2 is 2.03 bits per heavy atom. The summed E-state index contributed by atoms with van der Waals surface area (Å²) in [6, 6.07) is 5.55. The van der Waals surface area contributed by atoms with Crippen LogP contribution in [0.2, 0.25) is 0 Å². The second kappa shape index (κ2) is 8.57. The highest BCUT2D eigenvalue weighted by Crippen LogP contribution is 2.30. The fourth-order valence-electron chi connectivity index (χ4n) is 3.54. The second-order valence-corrected chi connectivity index (χ2v) is 7.29. The van der Waals surface area contributed by atoms with Crippen LogP contribution >= 0.6 is 0 Å². The summed E-state index contributed by atoms with van der Waals surface area (Å²) in [6.45, 7) is 7.05. The SMILES string of the molecule is CCOc1cc(CN2CCC(c3noc(-c4cnc(C)cn4)n3)CC2)ccc1O. The number of aryl methyl sites for hydroxylation is 1. The highest BCUT2D eigenvalue weighted by atomic mass is 16.5. The minimum absolute atomic E-state index is 0.181. The van der Waals surface area contributed by atoms with E-state index in [9.17, 15) is 5.11 Å². The lowest BCUT2D eigenvalue weighted by Crippen LogP contribution is -2.32. The Morgan fingerprint density at radius 1 is 1.21 bits per heavy atom. The van der Waals surface area contributed by atoms with Crippen molar-refractivity contribution >= 4 is 0 Å². The van der Waals surface area contributed by atoms with E-state index in [1.165, 1.54) is 0 Å². The van der Waals surface area contributed by atoms with E-state index >= 15 is 0 Å². The fourth-order valence-corrected chi connectivity index (χ4v) is 3.54. The molecule has 1 aliphatic rings. The standard InChI is InChI=1S/C21H25N5O3/c1-3-28-19-10-15(4-5-18(19)27)13-26-8-6-16(7-9-26)20-24-21(29-25-20)17-12-22-14(2)11-23-17/h4-5,10-12,16,27H,3,6-9,13H2,1-2H3. The predicted octanol–water partition coefficient (Wildman–Crippen LogP) is 3.32. The lowest BCUT2D eigenvalue weighted by molar-refractivity contribution is 0.200. The number of hydrogen-bond donors (Lipinski definition) is 1. The molecule has 0 amide bonds. The molecule has 0 radical (unpaired) electrons. The summed E-state index contributed by atoms with van der Waals surface area (Å²) in [6.07, 6.45) is 5.28. The zero-order valence-corrected chi connectivity index (χ0v) is 16.7. The van der Waals surface area contributed by atoms with Crippen molar-refractivity contribution in [3.05, 3.63) is 47.7 Å². The number of aromatic hydroxyl groups is 1. The van der Waals surface area contributed by atoms with Gasteiger partial charge < -0.3 is 14.4 Å². The van der Waals surface area contributed by atoms with E-state index in [1.54, 1.807) is 18.5 Å². The van der Waals surface area contributed by atoms with Crippen LogP contribution in [-0.2, 0) is 6.54 Å². The average Bonchev–Trinajstić information content (AvgIpc) is 3.22. The third kappa shape index (κ3) is 4.54. The zero-order valence-electron chi connectivity index (χ0n) is 16.7. The van der Waals surface area contributed by atoms with Crippen LogP contribution in [0.4, 0.5) is 0 Å². The lowest BCUT2D eigenvalue weighted by Gasteiger charge is -2.30. The normalized spacial score (nSPS) is 15.5. The van der Waals surface area contributed by atoms with E-state index in [4.69, 9.17) is 9.26 Å². The Labute approximate surface area is 169 Å². The van der Waals surface area contributed by atoms with E-state index in [0.29, 0.717) is 23.9 Å². The summed E-state index contributed by atoms with van der Waals surface area (Å²) in [7, 11) is 0. The van der Waals surface area contributed by atoms with Crippen LogP contribution in [0.25, 0.3) is 11.6 Å². The molecule has 1 aliphatic heterocycles. The molecular formula is C21H25N5O3. The van der Waals surface area contributed by atoms with Gasteiger partial charge in [0.1, 0.15) is 5.69 Å². The predicted molar refractivity (Wildman–Crippen MR) is 107 cm³/mol. The fraction of sp³-hybridized carbons (Fsp3) is 0.429. The van der Waals surface area contributed by atoms with Crippen molar-refractivity contribution in [3.8, 4) is 23.1 Å². The number of ether oxygens (including phenoxy) is 1. The Hall–Kier alpha value is -3.00. The summed E-state index contributed by atoms with van der Waals surface area (Å²) in [5.74, 6) is 2.16. The minimum atomic E-state index is 0.181. The summed E-state index contributed by atoms with van der Waals surface area (Å²) in [5.41, 5.74) is 2.58. The van der Waals surface area contributed by atoms with Gasteiger partial charge in [0, 0.05) is 18.7 Å². The molecule has 29 heavy (non-hydrogen) atoms. The van der Waals surface area contributed by atoms with E-state index < -0.39 is 0 Å². The van der Waals surface area contributed by atoms with Gasteiger partial charge in [-0.2, -0.15) is 4.98 Å². The van der Waals surface area contributed by atoms with Gasteiger partial charge in [0.05, 0.1) is 18.5 Å². The van der Waals surface area contributed by atoms with Gasteiger partial charge in [0.2, 0.25) is 0 Å². The van der Waals surface area contributed by atoms with Gasteiger partial charge in [-0.15, -0.1) is 0 Å². The van der Waals surface area contributed by atoms with Gasteiger partial charge in [-0.1, -0.05) is 11.2 Å². The highest BCUT2D eigenvalue weighted by molar-refractivity contribution is 5.44. The number of piperidine rings is 1. The summed E-state index contributed by atoms with van der Waals surface area (Å²) < 4.78 is 10.9. The average molecular weight is 395 g/mol. The van der Waals surface area contributed by atoms with Crippen LogP contribution in [0.15, 0.2) is 35.1 Å². The van der Waals surface area contributed by atoms with Crippen molar-refractivity contribution < 1.29 is 14.4 Å². The minimum Gasteiger partial charge on any atom is -0.504 e. The van der Waals surface area contributed by atoms with Crippen LogP contribution in [0, 0.1) is 6.92 Å². The van der Waals surface area contributed by atoms with Crippen molar-refractivity contribution in [3.63, 3.8) is 0 Å². The first-order valence-electron chi connectivity index (χ1n) is 9.92. The van der Waals surface area contributed by atoms with Crippen LogP contribution in [-0.4, -0.2) is 49.8 Å². The first-order valence-corrected chi connectivity index (χ1v) is 9.92. The number of hydrogen-bond acceptors (Lipinski definition) is 8. The van der Waals surface area contributed by atoms with Gasteiger partial charge >= 0.3 is 0 Å². The quantitative estimate of drug-likeness (QED) is 0.679. The molecule has 0 spiro atoms. The van der Waals surface area contributed by atoms with Gasteiger partial charge in [-0.25, -0.2) is 4.98 Å². The third-order valence-corrected chi connectivity index (χ3v) is 5.12. The first-order chi connectivity index (χ1) is 14.1. The molecule has 0 atom stereocenters. The Bertz CT molecular complexity index is 949. The Kier molecular flexibility index (Phi) is 5.71. The van der Waals surface area contributed by atoms with Crippen LogP contribution in [0.1, 0.15) is 42.8 Å². The van der Waals surface area contributed by atoms with Crippen LogP contribution in [0.5, 0.6) is 11.5 Å². The van der Waals surface area contributed by atoms with Gasteiger partial charge in [0.25, 0.3) is 5.89 Å². The molecular weight excluding hydrogens is 370 g/mol. The van der Waals surface area contributed by atoms with Crippen LogP contribution < -0.4 is 4.74 Å². The number of phenols is 1. The summed E-state index contributed by atoms with van der Waals surface area (Å²) in [5, 5.41) is 14.0. The molecule has 0 aliphatic carbocycles. The number of aromatic nitrogens is 4. The largest absolute Gasteiger partial charge is 0.504 e. The zero-order chi connectivity index (χ0) is 20.2. The first kappa shape index (κ1) is 19.3. The number of phenolic OH excluding ortho intramolecular Hbond substituents is 1. The highest BCUT2D eigenvalue weighted by Gasteiger charge is 2.25. The van der Waals surface area contributed by atoms with Crippen molar-refractivity contribution in [1.82, 2.24) is 25.0 Å². The topological polar surface area (TPSA) is 97.4 Å². The van der Waals surface area contributed by atoms with E-state index in [0.717, 1.165) is 49.6 Å². The molecule has 1 aromatic carbocycles. The molecule has 1 fully saturated rings.